The molecular weight excluding hydrogens is 492 g/mol. The van der Waals surface area contributed by atoms with Crippen molar-refractivity contribution in [1.29, 1.82) is 0 Å². The van der Waals surface area contributed by atoms with E-state index in [-0.39, 0.29) is 18.4 Å². The minimum absolute atomic E-state index is 0.125. The van der Waals surface area contributed by atoms with Crippen LogP contribution >= 0.6 is 24.0 Å². The van der Waals surface area contributed by atoms with Crippen LogP contribution in [0.1, 0.15) is 23.6 Å². The standard InChI is InChI=1S/C28H26N2O4S2/c1-3-33-24-15-21(11-14-23(24)34-18-26(31)29-22-12-9-19(2)10-13-22)16-25-27(32)30(28(35)36-25)17-20-7-5-4-6-8-20/h4-16H,3,17-18H2,1-2H3,(H,29,31)/b25-16+. The van der Waals surface area contributed by atoms with Crippen LogP contribution in [-0.4, -0.2) is 34.2 Å². The van der Waals surface area contributed by atoms with Crippen molar-refractivity contribution >= 4 is 51.9 Å². The molecule has 6 nitrogen and oxygen atoms in total. The molecule has 3 aromatic rings. The zero-order valence-corrected chi connectivity index (χ0v) is 21.7. The summed E-state index contributed by atoms with van der Waals surface area (Å²) in [5.74, 6) is 0.547. The summed E-state index contributed by atoms with van der Waals surface area (Å²) in [5.41, 5.74) is 3.61. The maximum atomic E-state index is 13.0. The van der Waals surface area contributed by atoms with Crippen molar-refractivity contribution in [2.75, 3.05) is 18.5 Å². The van der Waals surface area contributed by atoms with Crippen molar-refractivity contribution in [1.82, 2.24) is 4.90 Å². The number of hydrogen-bond donors (Lipinski definition) is 1. The molecule has 1 saturated heterocycles. The highest BCUT2D eigenvalue weighted by Gasteiger charge is 2.32. The van der Waals surface area contributed by atoms with Crippen LogP contribution in [0.25, 0.3) is 6.08 Å². The quantitative estimate of drug-likeness (QED) is 0.285. The normalized spacial score (nSPS) is 14.3. The Bertz CT molecular complexity index is 1290. The average molecular weight is 519 g/mol. The second-order valence-corrected chi connectivity index (χ2v) is 9.77. The van der Waals surface area contributed by atoms with Gasteiger partial charge in [0.15, 0.2) is 18.1 Å². The Morgan fingerprint density at radius 3 is 2.50 bits per heavy atom. The van der Waals surface area contributed by atoms with Gasteiger partial charge >= 0.3 is 0 Å². The Kier molecular flexibility index (Phi) is 8.40. The first-order valence-corrected chi connectivity index (χ1v) is 12.7. The number of amides is 2. The number of hydrogen-bond acceptors (Lipinski definition) is 6. The molecule has 1 heterocycles. The van der Waals surface area contributed by atoms with E-state index in [4.69, 9.17) is 21.7 Å². The van der Waals surface area contributed by atoms with E-state index in [9.17, 15) is 9.59 Å². The molecule has 1 N–H and O–H groups in total. The van der Waals surface area contributed by atoms with Crippen LogP contribution in [0.3, 0.4) is 0 Å². The number of anilines is 1. The minimum Gasteiger partial charge on any atom is -0.490 e. The zero-order chi connectivity index (χ0) is 25.5. The fourth-order valence-corrected chi connectivity index (χ4v) is 4.79. The van der Waals surface area contributed by atoms with Crippen LogP contribution < -0.4 is 14.8 Å². The molecule has 0 saturated carbocycles. The summed E-state index contributed by atoms with van der Waals surface area (Å²) < 4.78 is 12.0. The highest BCUT2D eigenvalue weighted by molar-refractivity contribution is 8.26. The Morgan fingerprint density at radius 2 is 1.78 bits per heavy atom. The second-order valence-electron chi connectivity index (χ2n) is 8.10. The lowest BCUT2D eigenvalue weighted by molar-refractivity contribution is -0.122. The first-order chi connectivity index (χ1) is 17.4. The van der Waals surface area contributed by atoms with Crippen molar-refractivity contribution in [3.05, 3.63) is 94.4 Å². The molecule has 4 rings (SSSR count). The van der Waals surface area contributed by atoms with E-state index >= 15 is 0 Å². The molecular formula is C28H26N2O4S2. The van der Waals surface area contributed by atoms with E-state index in [1.165, 1.54) is 11.8 Å². The van der Waals surface area contributed by atoms with Crippen molar-refractivity contribution < 1.29 is 19.1 Å². The topological polar surface area (TPSA) is 67.9 Å². The first-order valence-electron chi connectivity index (χ1n) is 11.5. The number of thiocarbonyl (C=S) groups is 1. The van der Waals surface area contributed by atoms with Gasteiger partial charge in [-0.2, -0.15) is 0 Å². The fraction of sp³-hybridized carbons (Fsp3) is 0.179. The predicted molar refractivity (Wildman–Crippen MR) is 148 cm³/mol. The van der Waals surface area contributed by atoms with E-state index in [1.54, 1.807) is 23.1 Å². The number of nitrogens with one attached hydrogen (secondary N) is 1. The fourth-order valence-electron chi connectivity index (χ4n) is 3.53. The van der Waals surface area contributed by atoms with Gasteiger partial charge in [0.2, 0.25) is 0 Å². The Morgan fingerprint density at radius 1 is 1.03 bits per heavy atom. The van der Waals surface area contributed by atoms with Crippen LogP contribution in [0.5, 0.6) is 11.5 Å². The lowest BCUT2D eigenvalue weighted by Gasteiger charge is -2.14. The van der Waals surface area contributed by atoms with Gasteiger partial charge < -0.3 is 14.8 Å². The van der Waals surface area contributed by atoms with Crippen molar-refractivity contribution in [2.24, 2.45) is 0 Å². The van der Waals surface area contributed by atoms with Gasteiger partial charge in [-0.3, -0.25) is 14.5 Å². The predicted octanol–water partition coefficient (Wildman–Crippen LogP) is 5.81. The average Bonchev–Trinajstić information content (AvgIpc) is 3.13. The molecule has 0 unspecified atom stereocenters. The number of benzene rings is 3. The summed E-state index contributed by atoms with van der Waals surface area (Å²) in [6.45, 7) is 4.56. The highest BCUT2D eigenvalue weighted by atomic mass is 32.2. The molecule has 184 valence electrons. The van der Waals surface area contributed by atoms with Crippen LogP contribution in [0.4, 0.5) is 5.69 Å². The molecule has 8 heteroatoms. The van der Waals surface area contributed by atoms with Crippen molar-refractivity contribution in [2.45, 2.75) is 20.4 Å². The third-order valence-corrected chi connectivity index (χ3v) is 6.69. The number of carbonyl (C=O) groups is 2. The maximum Gasteiger partial charge on any atom is 0.266 e. The second kappa shape index (κ2) is 11.9. The number of rotatable bonds is 9. The monoisotopic (exact) mass is 518 g/mol. The third-order valence-electron chi connectivity index (χ3n) is 5.32. The number of thioether (sulfide) groups is 1. The Hall–Kier alpha value is -3.62. The van der Waals surface area contributed by atoms with E-state index < -0.39 is 0 Å². The van der Waals surface area contributed by atoms with Crippen LogP contribution in [0.2, 0.25) is 0 Å². The molecule has 0 bridgehead atoms. The third kappa shape index (κ3) is 6.53. The SMILES string of the molecule is CCOc1cc(/C=C2/SC(=S)N(Cc3ccccc3)C2=O)ccc1OCC(=O)Nc1ccc(C)cc1. The lowest BCUT2D eigenvalue weighted by Crippen LogP contribution is -2.27. The van der Waals surface area contributed by atoms with E-state index in [2.05, 4.69) is 5.32 Å². The molecule has 36 heavy (non-hydrogen) atoms. The van der Waals surface area contributed by atoms with Gasteiger partial charge in [-0.25, -0.2) is 0 Å². The van der Waals surface area contributed by atoms with Gasteiger partial charge in [-0.1, -0.05) is 78.1 Å². The van der Waals surface area contributed by atoms with E-state index in [0.717, 1.165) is 16.7 Å². The molecule has 0 aliphatic carbocycles. The summed E-state index contributed by atoms with van der Waals surface area (Å²) in [4.78, 5) is 27.5. The first kappa shape index (κ1) is 25.5. The van der Waals surface area contributed by atoms with Crippen LogP contribution in [0, 0.1) is 6.92 Å². The van der Waals surface area contributed by atoms with E-state index in [0.29, 0.717) is 39.6 Å². The van der Waals surface area contributed by atoms with Gasteiger partial charge in [0, 0.05) is 5.69 Å². The maximum absolute atomic E-state index is 13.0. The van der Waals surface area contributed by atoms with Crippen LogP contribution in [0.15, 0.2) is 77.7 Å². The number of ether oxygens (including phenoxy) is 2. The Balaban J connectivity index is 1.43. The molecule has 0 spiro atoms. The molecule has 1 aliphatic rings. The molecule has 1 aliphatic heterocycles. The summed E-state index contributed by atoms with van der Waals surface area (Å²) in [5, 5.41) is 2.81. The lowest BCUT2D eigenvalue weighted by atomic mass is 10.1. The van der Waals surface area contributed by atoms with Gasteiger partial charge in [0.05, 0.1) is 18.1 Å². The molecule has 2 amide bonds. The summed E-state index contributed by atoms with van der Waals surface area (Å²) in [7, 11) is 0. The van der Waals surface area contributed by atoms with Crippen molar-refractivity contribution in [3.8, 4) is 11.5 Å². The van der Waals surface area contributed by atoms with Crippen molar-refractivity contribution in [3.63, 3.8) is 0 Å². The van der Waals surface area contributed by atoms with Gasteiger partial charge in [-0.15, -0.1) is 0 Å². The van der Waals surface area contributed by atoms with Gasteiger partial charge in [0.1, 0.15) is 4.32 Å². The number of nitrogens with zero attached hydrogens (tertiary/aromatic N) is 1. The van der Waals surface area contributed by atoms with Gasteiger partial charge in [-0.05, 0) is 55.3 Å². The molecule has 0 radical (unpaired) electrons. The number of aryl methyl sites for hydroxylation is 1. The molecule has 0 aromatic heterocycles. The minimum atomic E-state index is -0.271. The molecule has 3 aromatic carbocycles. The highest BCUT2D eigenvalue weighted by Crippen LogP contribution is 2.35. The molecule has 0 atom stereocenters. The van der Waals surface area contributed by atoms with Crippen LogP contribution in [-0.2, 0) is 16.1 Å². The smallest absolute Gasteiger partial charge is 0.266 e. The summed E-state index contributed by atoms with van der Waals surface area (Å²) >= 11 is 6.73. The number of carbonyl (C=O) groups excluding carboxylic acids is 2. The van der Waals surface area contributed by atoms with E-state index in [1.807, 2.05) is 74.5 Å². The van der Waals surface area contributed by atoms with Gasteiger partial charge in [0.25, 0.3) is 11.8 Å². The molecule has 1 fully saturated rings. The largest absolute Gasteiger partial charge is 0.490 e. The summed E-state index contributed by atoms with van der Waals surface area (Å²) in [6, 6.07) is 22.6. The Labute approximate surface area is 220 Å². The zero-order valence-electron chi connectivity index (χ0n) is 20.0. The summed E-state index contributed by atoms with van der Waals surface area (Å²) in [6.07, 6.45) is 1.79.